The van der Waals surface area contributed by atoms with Crippen LogP contribution in [0.4, 0.5) is 4.39 Å². The van der Waals surface area contributed by atoms with Crippen LogP contribution < -0.4 is 4.74 Å². The van der Waals surface area contributed by atoms with Gasteiger partial charge in [0.05, 0.1) is 6.10 Å². The summed E-state index contributed by atoms with van der Waals surface area (Å²) in [6.07, 6.45) is 1.92. The Morgan fingerprint density at radius 3 is 2.48 bits per heavy atom. The Morgan fingerprint density at radius 2 is 1.68 bits per heavy atom. The molecule has 158 valence electrons. The smallest absolute Gasteiger partial charge is 0.123 e. The van der Waals surface area contributed by atoms with Crippen LogP contribution in [0.1, 0.15) is 56.7 Å². The second kappa shape index (κ2) is 7.37. The molecule has 0 spiro atoms. The van der Waals surface area contributed by atoms with Crippen LogP contribution in [0.2, 0.25) is 0 Å². The minimum atomic E-state index is -0.195. The minimum Gasteiger partial charge on any atom is -0.491 e. The molecular weight excluding hydrogens is 383 g/mol. The number of fused-ring (bicyclic) bond motifs is 5. The molecule has 1 aliphatic rings. The third kappa shape index (κ3) is 3.48. The van der Waals surface area contributed by atoms with Crippen molar-refractivity contribution in [2.45, 2.75) is 58.0 Å². The van der Waals surface area contributed by atoms with E-state index in [9.17, 15) is 4.39 Å². The van der Waals surface area contributed by atoms with Gasteiger partial charge in [-0.25, -0.2) is 4.39 Å². The fourth-order valence-electron chi connectivity index (χ4n) is 5.58. The van der Waals surface area contributed by atoms with Gasteiger partial charge in [-0.1, -0.05) is 62.4 Å². The molecular formula is C29H29FO. The van der Waals surface area contributed by atoms with Crippen molar-refractivity contribution >= 4 is 21.5 Å². The molecule has 0 fully saturated rings. The van der Waals surface area contributed by atoms with Crippen molar-refractivity contribution in [3.05, 3.63) is 89.2 Å². The van der Waals surface area contributed by atoms with E-state index in [1.54, 1.807) is 12.1 Å². The number of ether oxygens (including phenoxy) is 1. The van der Waals surface area contributed by atoms with Gasteiger partial charge in [0.1, 0.15) is 11.6 Å². The van der Waals surface area contributed by atoms with Crippen LogP contribution in [0.5, 0.6) is 5.75 Å². The van der Waals surface area contributed by atoms with Gasteiger partial charge >= 0.3 is 0 Å². The summed E-state index contributed by atoms with van der Waals surface area (Å²) in [5.41, 5.74) is 3.77. The van der Waals surface area contributed by atoms with Gasteiger partial charge in [-0.05, 0) is 88.9 Å². The Bertz CT molecular complexity index is 1280. The highest BCUT2D eigenvalue weighted by molar-refractivity contribution is 6.09. The largest absolute Gasteiger partial charge is 0.491 e. The average molecular weight is 413 g/mol. The molecule has 5 rings (SSSR count). The van der Waals surface area contributed by atoms with Crippen molar-refractivity contribution < 1.29 is 9.13 Å². The topological polar surface area (TPSA) is 9.23 Å². The summed E-state index contributed by atoms with van der Waals surface area (Å²) >= 11 is 0. The lowest BCUT2D eigenvalue weighted by molar-refractivity contribution is 0.236. The molecule has 0 saturated carbocycles. The van der Waals surface area contributed by atoms with E-state index in [2.05, 4.69) is 62.4 Å². The van der Waals surface area contributed by atoms with Crippen molar-refractivity contribution in [1.29, 1.82) is 0 Å². The van der Waals surface area contributed by atoms with E-state index in [1.807, 2.05) is 13.8 Å². The van der Waals surface area contributed by atoms with Crippen molar-refractivity contribution in [3.63, 3.8) is 0 Å². The summed E-state index contributed by atoms with van der Waals surface area (Å²) in [6.45, 7) is 8.69. The molecule has 0 saturated heterocycles. The quantitative estimate of drug-likeness (QED) is 0.310. The summed E-state index contributed by atoms with van der Waals surface area (Å²) in [5, 5.41) is 5.24. The molecule has 0 amide bonds. The number of hydrogen-bond acceptors (Lipinski definition) is 1. The number of rotatable bonds is 3. The zero-order chi connectivity index (χ0) is 21.8. The molecule has 0 bridgehead atoms. The van der Waals surface area contributed by atoms with E-state index >= 15 is 0 Å². The lowest BCUT2D eigenvalue weighted by Gasteiger charge is -2.39. The molecule has 4 aromatic carbocycles. The van der Waals surface area contributed by atoms with Gasteiger partial charge in [-0.2, -0.15) is 0 Å². The van der Waals surface area contributed by atoms with Crippen LogP contribution in [-0.2, 0) is 11.8 Å². The highest BCUT2D eigenvalue weighted by Gasteiger charge is 2.36. The van der Waals surface area contributed by atoms with Crippen molar-refractivity contribution in [2.24, 2.45) is 0 Å². The van der Waals surface area contributed by atoms with E-state index in [0.717, 1.165) is 24.2 Å². The molecule has 31 heavy (non-hydrogen) atoms. The molecule has 4 aromatic rings. The first-order valence-electron chi connectivity index (χ1n) is 11.2. The third-order valence-corrected chi connectivity index (χ3v) is 6.69. The minimum absolute atomic E-state index is 0.0262. The maximum atomic E-state index is 14.2. The predicted octanol–water partition coefficient (Wildman–Crippen LogP) is 7.93. The van der Waals surface area contributed by atoms with Gasteiger partial charge in [0.15, 0.2) is 0 Å². The summed E-state index contributed by atoms with van der Waals surface area (Å²) in [4.78, 5) is 0. The first-order valence-corrected chi connectivity index (χ1v) is 11.2. The van der Waals surface area contributed by atoms with Gasteiger partial charge in [0, 0.05) is 5.56 Å². The third-order valence-electron chi connectivity index (χ3n) is 6.69. The number of halogens is 1. The Hall–Kier alpha value is -2.87. The summed E-state index contributed by atoms with van der Waals surface area (Å²) in [6, 6.07) is 22.7. The Morgan fingerprint density at radius 1 is 0.903 bits per heavy atom. The first kappa shape index (κ1) is 20.1. The van der Waals surface area contributed by atoms with Gasteiger partial charge < -0.3 is 4.74 Å². The zero-order valence-electron chi connectivity index (χ0n) is 18.7. The van der Waals surface area contributed by atoms with E-state index in [4.69, 9.17) is 4.74 Å². The molecule has 0 radical (unpaired) electrons. The predicted molar refractivity (Wildman–Crippen MR) is 128 cm³/mol. The van der Waals surface area contributed by atoms with E-state index in [0.29, 0.717) is 0 Å². The molecule has 0 N–H and O–H groups in total. The monoisotopic (exact) mass is 412 g/mol. The molecule has 0 heterocycles. The highest BCUT2D eigenvalue weighted by Crippen LogP contribution is 2.48. The number of hydrogen-bond donors (Lipinski definition) is 0. The van der Waals surface area contributed by atoms with Crippen LogP contribution in [0.15, 0.2) is 66.7 Å². The van der Waals surface area contributed by atoms with E-state index in [1.165, 1.54) is 38.7 Å². The van der Waals surface area contributed by atoms with Gasteiger partial charge in [-0.3, -0.25) is 0 Å². The van der Waals surface area contributed by atoms with Crippen molar-refractivity contribution in [3.8, 4) is 5.75 Å². The SMILES string of the molecule is CC(C)Oc1ccc(F)cc1C1Cc2ccc3c(ccc4ccccc43)c2C(C)(C)C1. The summed E-state index contributed by atoms with van der Waals surface area (Å²) in [5.74, 6) is 0.844. The van der Waals surface area contributed by atoms with Crippen LogP contribution in [0.25, 0.3) is 21.5 Å². The summed E-state index contributed by atoms with van der Waals surface area (Å²) < 4.78 is 20.3. The molecule has 1 unspecified atom stereocenters. The molecule has 0 aliphatic heterocycles. The van der Waals surface area contributed by atoms with Crippen LogP contribution in [-0.4, -0.2) is 6.10 Å². The van der Waals surface area contributed by atoms with Crippen LogP contribution in [0, 0.1) is 5.82 Å². The molecule has 1 aliphatic carbocycles. The second-order valence-corrected chi connectivity index (χ2v) is 9.82. The maximum absolute atomic E-state index is 14.2. The molecule has 1 atom stereocenters. The van der Waals surface area contributed by atoms with Crippen molar-refractivity contribution in [1.82, 2.24) is 0 Å². The van der Waals surface area contributed by atoms with E-state index in [-0.39, 0.29) is 23.3 Å². The standard InChI is InChI=1S/C29H29FO/c1-18(2)31-27-14-11-22(30)16-26(27)21-15-20-10-12-24-23-8-6-5-7-19(23)9-13-25(24)28(20)29(3,4)17-21/h5-14,16,18,21H,15,17H2,1-4H3. The second-order valence-electron chi connectivity index (χ2n) is 9.82. The molecule has 2 heteroatoms. The maximum Gasteiger partial charge on any atom is 0.123 e. The Balaban J connectivity index is 1.65. The lowest BCUT2D eigenvalue weighted by Crippen LogP contribution is -2.29. The van der Waals surface area contributed by atoms with Gasteiger partial charge in [-0.15, -0.1) is 0 Å². The van der Waals surface area contributed by atoms with Crippen LogP contribution in [0.3, 0.4) is 0 Å². The van der Waals surface area contributed by atoms with Gasteiger partial charge in [0.25, 0.3) is 0 Å². The van der Waals surface area contributed by atoms with E-state index < -0.39 is 0 Å². The Labute approximate surface area is 183 Å². The normalized spacial score (nSPS) is 17.8. The fraction of sp³-hybridized carbons (Fsp3) is 0.310. The lowest BCUT2D eigenvalue weighted by atomic mass is 9.65. The van der Waals surface area contributed by atoms with Crippen LogP contribution >= 0.6 is 0 Å². The zero-order valence-corrected chi connectivity index (χ0v) is 18.7. The van der Waals surface area contributed by atoms with Gasteiger partial charge in [0.2, 0.25) is 0 Å². The molecule has 0 aromatic heterocycles. The highest BCUT2D eigenvalue weighted by atomic mass is 19.1. The fourth-order valence-corrected chi connectivity index (χ4v) is 5.58. The number of benzene rings is 4. The van der Waals surface area contributed by atoms with Crippen molar-refractivity contribution in [2.75, 3.05) is 0 Å². The summed E-state index contributed by atoms with van der Waals surface area (Å²) in [7, 11) is 0. The Kier molecular flexibility index (Phi) is 4.77. The average Bonchev–Trinajstić information content (AvgIpc) is 2.73. The molecule has 1 nitrogen and oxygen atoms in total. The first-order chi connectivity index (χ1) is 14.8.